The molecule has 0 saturated heterocycles. The molecule has 0 atom stereocenters. The number of hydrogen-bond acceptors (Lipinski definition) is 2. The van der Waals surface area contributed by atoms with E-state index >= 15 is 0 Å². The van der Waals surface area contributed by atoms with Crippen LogP contribution in [0.25, 0.3) is 0 Å². The summed E-state index contributed by atoms with van der Waals surface area (Å²) in [5.41, 5.74) is 4.01. The van der Waals surface area contributed by atoms with Gasteiger partial charge < -0.3 is 15.5 Å². The van der Waals surface area contributed by atoms with E-state index in [2.05, 4.69) is 56.5 Å². The summed E-state index contributed by atoms with van der Waals surface area (Å²) in [6, 6.07) is 15.2. The maximum Gasteiger partial charge on any atom is 0.319 e. The van der Waals surface area contributed by atoms with Gasteiger partial charge in [0.2, 0.25) is 5.91 Å². The van der Waals surface area contributed by atoms with Gasteiger partial charge in [-0.15, -0.1) is 0 Å². The lowest BCUT2D eigenvalue weighted by Crippen LogP contribution is -2.40. The van der Waals surface area contributed by atoms with Crippen LogP contribution >= 0.6 is 0 Å². The number of amides is 3. The molecule has 0 spiro atoms. The summed E-state index contributed by atoms with van der Waals surface area (Å²) in [5.74, 6) is 0.565. The van der Waals surface area contributed by atoms with Gasteiger partial charge in [0, 0.05) is 25.7 Å². The summed E-state index contributed by atoms with van der Waals surface area (Å²) in [6.07, 6.45) is 0. The Bertz CT molecular complexity index is 774. The lowest BCUT2D eigenvalue weighted by Gasteiger charge is -2.29. The average Bonchev–Trinajstić information content (AvgIpc) is 2.65. The maximum atomic E-state index is 12.5. The smallest absolute Gasteiger partial charge is 0.319 e. The average molecular weight is 382 g/mol. The summed E-state index contributed by atoms with van der Waals surface area (Å²) >= 11 is 0. The molecule has 0 fully saturated rings. The highest BCUT2D eigenvalue weighted by Gasteiger charge is 2.22. The first-order valence-corrected chi connectivity index (χ1v) is 9.82. The van der Waals surface area contributed by atoms with Crippen molar-refractivity contribution in [2.45, 2.75) is 46.5 Å². The maximum absolute atomic E-state index is 12.5. The van der Waals surface area contributed by atoms with Gasteiger partial charge in [0.05, 0.1) is 5.69 Å². The highest BCUT2D eigenvalue weighted by atomic mass is 16.2. The van der Waals surface area contributed by atoms with Gasteiger partial charge in [0.1, 0.15) is 0 Å². The molecule has 2 aromatic carbocycles. The summed E-state index contributed by atoms with van der Waals surface area (Å²) in [4.78, 5) is 26.4. The van der Waals surface area contributed by atoms with Crippen LogP contribution in [-0.4, -0.2) is 25.0 Å². The van der Waals surface area contributed by atoms with E-state index in [-0.39, 0.29) is 11.9 Å². The molecule has 0 saturated carbocycles. The van der Waals surface area contributed by atoms with Crippen molar-refractivity contribution in [2.24, 2.45) is 0 Å². The quantitative estimate of drug-likeness (QED) is 0.700. The molecule has 150 valence electrons. The van der Waals surface area contributed by atoms with Crippen LogP contribution in [0.3, 0.4) is 0 Å². The summed E-state index contributed by atoms with van der Waals surface area (Å²) in [5, 5.41) is 5.63. The number of para-hydroxylation sites is 2. The largest absolute Gasteiger partial charge is 0.336 e. The van der Waals surface area contributed by atoms with E-state index in [0.29, 0.717) is 24.9 Å². The van der Waals surface area contributed by atoms with Crippen molar-refractivity contribution in [3.05, 3.63) is 59.7 Å². The minimum Gasteiger partial charge on any atom is -0.336 e. The van der Waals surface area contributed by atoms with Crippen molar-refractivity contribution in [1.82, 2.24) is 5.32 Å². The molecule has 2 rings (SSSR count). The van der Waals surface area contributed by atoms with E-state index in [0.717, 1.165) is 22.5 Å². The van der Waals surface area contributed by atoms with Gasteiger partial charge in [0.15, 0.2) is 0 Å². The lowest BCUT2D eigenvalue weighted by atomic mass is 9.92. The predicted molar refractivity (Wildman–Crippen MR) is 116 cm³/mol. The van der Waals surface area contributed by atoms with Crippen LogP contribution in [0.15, 0.2) is 48.5 Å². The minimum absolute atomic E-state index is 0.0275. The van der Waals surface area contributed by atoms with E-state index in [9.17, 15) is 9.59 Å². The first kappa shape index (κ1) is 21.5. The van der Waals surface area contributed by atoms with E-state index in [1.807, 2.05) is 30.3 Å². The van der Waals surface area contributed by atoms with Gasteiger partial charge in [-0.25, -0.2) is 4.79 Å². The molecule has 0 heterocycles. The zero-order valence-corrected chi connectivity index (χ0v) is 17.5. The third-order valence-corrected chi connectivity index (χ3v) is 4.65. The Hall–Kier alpha value is -2.82. The standard InChI is InChI=1S/C23H31N3O2/c1-16(2)20-12-9-13-21(17(3)4)22(20)26(18(5)27)15-14-24-23(28)25-19-10-7-6-8-11-19/h6-13,16-17H,14-15H2,1-5H3,(H2,24,25,28). The van der Waals surface area contributed by atoms with Crippen LogP contribution in [0.2, 0.25) is 0 Å². The van der Waals surface area contributed by atoms with Crippen LogP contribution in [0.1, 0.15) is 57.6 Å². The Morgan fingerprint density at radius 3 is 1.96 bits per heavy atom. The molecule has 2 aromatic rings. The van der Waals surface area contributed by atoms with Crippen LogP contribution in [-0.2, 0) is 4.79 Å². The van der Waals surface area contributed by atoms with Crippen molar-refractivity contribution in [3.63, 3.8) is 0 Å². The van der Waals surface area contributed by atoms with Gasteiger partial charge >= 0.3 is 6.03 Å². The molecule has 5 nitrogen and oxygen atoms in total. The molecule has 3 amide bonds. The molecule has 0 aliphatic heterocycles. The molecule has 0 unspecified atom stereocenters. The number of nitrogens with zero attached hydrogens (tertiary/aromatic N) is 1. The molecule has 0 bridgehead atoms. The van der Waals surface area contributed by atoms with Gasteiger partial charge in [-0.2, -0.15) is 0 Å². The summed E-state index contributed by atoms with van der Waals surface area (Å²) in [6.45, 7) is 10.9. The molecule has 0 radical (unpaired) electrons. The Morgan fingerprint density at radius 2 is 1.46 bits per heavy atom. The van der Waals surface area contributed by atoms with Crippen molar-refractivity contribution in [2.75, 3.05) is 23.3 Å². The number of benzene rings is 2. The molecular formula is C23H31N3O2. The van der Waals surface area contributed by atoms with Gasteiger partial charge in [-0.3, -0.25) is 4.79 Å². The fourth-order valence-electron chi connectivity index (χ4n) is 3.23. The third-order valence-electron chi connectivity index (χ3n) is 4.65. The van der Waals surface area contributed by atoms with Crippen molar-refractivity contribution < 1.29 is 9.59 Å². The molecule has 0 aromatic heterocycles. The van der Waals surface area contributed by atoms with Crippen molar-refractivity contribution >= 4 is 23.3 Å². The first-order valence-electron chi connectivity index (χ1n) is 9.82. The lowest BCUT2D eigenvalue weighted by molar-refractivity contribution is -0.116. The number of anilines is 2. The summed E-state index contributed by atoms with van der Waals surface area (Å²) < 4.78 is 0. The number of carbonyl (C=O) groups excluding carboxylic acids is 2. The number of rotatable bonds is 7. The molecular weight excluding hydrogens is 350 g/mol. The topological polar surface area (TPSA) is 61.4 Å². The fourth-order valence-corrected chi connectivity index (χ4v) is 3.23. The van der Waals surface area contributed by atoms with Crippen LogP contribution < -0.4 is 15.5 Å². The number of carbonyl (C=O) groups is 2. The molecule has 0 aliphatic carbocycles. The normalized spacial score (nSPS) is 10.8. The van der Waals surface area contributed by atoms with Gasteiger partial charge in [-0.1, -0.05) is 64.1 Å². The number of nitrogens with one attached hydrogen (secondary N) is 2. The third kappa shape index (κ3) is 5.59. The van der Waals surface area contributed by atoms with Crippen LogP contribution in [0, 0.1) is 0 Å². The second-order valence-corrected chi connectivity index (χ2v) is 7.51. The molecule has 5 heteroatoms. The zero-order chi connectivity index (χ0) is 20.7. The van der Waals surface area contributed by atoms with Crippen LogP contribution in [0.4, 0.5) is 16.2 Å². The second kappa shape index (κ2) is 9.93. The molecule has 2 N–H and O–H groups in total. The highest BCUT2D eigenvalue weighted by molar-refractivity contribution is 5.94. The minimum atomic E-state index is -0.282. The van der Waals surface area contributed by atoms with E-state index in [4.69, 9.17) is 0 Å². The van der Waals surface area contributed by atoms with Crippen molar-refractivity contribution in [3.8, 4) is 0 Å². The van der Waals surface area contributed by atoms with E-state index in [1.54, 1.807) is 11.8 Å². The predicted octanol–water partition coefficient (Wildman–Crippen LogP) is 5.11. The fraction of sp³-hybridized carbons (Fsp3) is 0.391. The zero-order valence-electron chi connectivity index (χ0n) is 17.5. The number of urea groups is 1. The monoisotopic (exact) mass is 381 g/mol. The van der Waals surface area contributed by atoms with Crippen molar-refractivity contribution in [1.29, 1.82) is 0 Å². The van der Waals surface area contributed by atoms with Crippen LogP contribution in [0.5, 0.6) is 0 Å². The first-order chi connectivity index (χ1) is 13.3. The Labute approximate surface area is 168 Å². The SMILES string of the molecule is CC(=O)N(CCNC(=O)Nc1ccccc1)c1c(C(C)C)cccc1C(C)C. The highest BCUT2D eigenvalue weighted by Crippen LogP contribution is 2.35. The molecule has 28 heavy (non-hydrogen) atoms. The van der Waals surface area contributed by atoms with Gasteiger partial charge in [-0.05, 0) is 35.1 Å². The molecule has 0 aliphatic rings. The Kier molecular flexibility index (Phi) is 7.61. The Morgan fingerprint density at radius 1 is 0.893 bits per heavy atom. The second-order valence-electron chi connectivity index (χ2n) is 7.51. The summed E-state index contributed by atoms with van der Waals surface area (Å²) in [7, 11) is 0. The Balaban J connectivity index is 2.14. The van der Waals surface area contributed by atoms with E-state index < -0.39 is 0 Å². The number of hydrogen-bond donors (Lipinski definition) is 2. The van der Waals surface area contributed by atoms with E-state index in [1.165, 1.54) is 0 Å². The van der Waals surface area contributed by atoms with Gasteiger partial charge in [0.25, 0.3) is 0 Å².